The molecule has 3 rings (SSSR count). The largest absolute Gasteiger partial charge is 0.383 e. The van der Waals surface area contributed by atoms with Gasteiger partial charge in [0.25, 0.3) is 0 Å². The number of aromatic nitrogens is 2. The first-order valence-corrected chi connectivity index (χ1v) is 9.71. The topological polar surface area (TPSA) is 91.1 Å². The Bertz CT molecular complexity index is 869. The monoisotopic (exact) mass is 381 g/mol. The second-order valence-electron chi connectivity index (χ2n) is 7.62. The van der Waals surface area contributed by atoms with Gasteiger partial charge in [0.1, 0.15) is 5.69 Å². The molecule has 1 N–H and O–H groups in total. The van der Waals surface area contributed by atoms with E-state index in [2.05, 4.69) is 30.1 Å². The van der Waals surface area contributed by atoms with Crippen LogP contribution in [0.2, 0.25) is 0 Å². The molecule has 1 aliphatic rings. The number of piperidine rings is 1. The Balaban J connectivity index is 2.03. The third-order valence-electron chi connectivity index (χ3n) is 5.02. The number of hydrogen-bond acceptors (Lipinski definition) is 6. The number of carbonyl (C=O) groups is 1. The van der Waals surface area contributed by atoms with Gasteiger partial charge in [-0.3, -0.25) is 4.79 Å². The van der Waals surface area contributed by atoms with Crippen molar-refractivity contribution in [3.05, 3.63) is 30.0 Å². The molecular weight excluding hydrogens is 354 g/mol. The predicted molar refractivity (Wildman–Crippen MR) is 108 cm³/mol. The molecular formula is C21H27N5O2. The summed E-state index contributed by atoms with van der Waals surface area (Å²) in [5, 5.41) is 12.5. The molecule has 1 aromatic carbocycles. The summed E-state index contributed by atoms with van der Waals surface area (Å²) in [6.07, 6.45) is 1.16. The standard InChI is InChI=1S/C21H27N5O2/c1-14-10-15(2)13-26(12-14)20-19(16(11-22)21(27)23-8-9-28-3)24-17-6-4-5-7-18(17)25-20/h4-7,14-16H,8-10,12-13H2,1-3H3,(H,23,27)/t14-,15-,16+/m0/s1. The molecule has 1 fully saturated rings. The van der Waals surface area contributed by atoms with Crippen molar-refractivity contribution in [2.75, 3.05) is 38.3 Å². The fourth-order valence-corrected chi connectivity index (χ4v) is 3.89. The molecule has 1 saturated heterocycles. The van der Waals surface area contributed by atoms with Crippen LogP contribution >= 0.6 is 0 Å². The summed E-state index contributed by atoms with van der Waals surface area (Å²) < 4.78 is 4.98. The number of hydrogen-bond donors (Lipinski definition) is 1. The van der Waals surface area contributed by atoms with Gasteiger partial charge in [-0.15, -0.1) is 0 Å². The summed E-state index contributed by atoms with van der Waals surface area (Å²) in [6, 6.07) is 9.69. The van der Waals surface area contributed by atoms with Crippen LogP contribution < -0.4 is 10.2 Å². The van der Waals surface area contributed by atoms with E-state index >= 15 is 0 Å². The highest BCUT2D eigenvalue weighted by Crippen LogP contribution is 2.31. The summed E-state index contributed by atoms with van der Waals surface area (Å²) in [5.74, 6) is 0.285. The molecule has 1 amide bonds. The molecule has 0 bridgehead atoms. The zero-order chi connectivity index (χ0) is 20.1. The maximum atomic E-state index is 12.7. The molecule has 0 radical (unpaired) electrons. The molecule has 148 valence electrons. The average molecular weight is 381 g/mol. The number of carbonyl (C=O) groups excluding carboxylic acids is 1. The number of nitriles is 1. The number of methoxy groups -OCH3 is 1. The van der Waals surface area contributed by atoms with Crippen LogP contribution in [-0.4, -0.2) is 49.2 Å². The van der Waals surface area contributed by atoms with Gasteiger partial charge in [0.05, 0.1) is 23.7 Å². The maximum absolute atomic E-state index is 12.7. The zero-order valence-corrected chi connectivity index (χ0v) is 16.7. The molecule has 7 heteroatoms. The number of amides is 1. The Kier molecular flexibility index (Phi) is 6.42. The number of anilines is 1. The first-order chi connectivity index (χ1) is 13.5. The molecule has 0 saturated carbocycles. The van der Waals surface area contributed by atoms with E-state index in [4.69, 9.17) is 14.7 Å². The third kappa shape index (κ3) is 4.39. The van der Waals surface area contributed by atoms with Gasteiger partial charge in [0, 0.05) is 26.7 Å². The van der Waals surface area contributed by atoms with Gasteiger partial charge in [0.15, 0.2) is 11.7 Å². The summed E-state index contributed by atoms with van der Waals surface area (Å²) in [4.78, 5) is 24.4. The quantitative estimate of drug-likeness (QED) is 0.773. The number of fused-ring (bicyclic) bond motifs is 1. The van der Waals surface area contributed by atoms with Gasteiger partial charge in [-0.1, -0.05) is 26.0 Å². The van der Waals surface area contributed by atoms with Crippen molar-refractivity contribution in [1.82, 2.24) is 15.3 Å². The number of nitrogens with zero attached hydrogens (tertiary/aromatic N) is 4. The number of ether oxygens (including phenoxy) is 1. The lowest BCUT2D eigenvalue weighted by Gasteiger charge is -2.36. The minimum absolute atomic E-state index is 0.349. The highest BCUT2D eigenvalue weighted by Gasteiger charge is 2.31. The molecule has 3 atom stereocenters. The van der Waals surface area contributed by atoms with Crippen LogP contribution in [0.25, 0.3) is 11.0 Å². The lowest BCUT2D eigenvalue weighted by Crippen LogP contribution is -2.41. The fraction of sp³-hybridized carbons (Fsp3) is 0.524. The van der Waals surface area contributed by atoms with Crippen molar-refractivity contribution in [2.24, 2.45) is 11.8 Å². The minimum Gasteiger partial charge on any atom is -0.383 e. The number of rotatable bonds is 6. The van der Waals surface area contributed by atoms with Gasteiger partial charge in [-0.25, -0.2) is 9.97 Å². The highest BCUT2D eigenvalue weighted by molar-refractivity contribution is 5.88. The van der Waals surface area contributed by atoms with Gasteiger partial charge in [-0.05, 0) is 30.4 Å². The van der Waals surface area contributed by atoms with Crippen molar-refractivity contribution in [3.63, 3.8) is 0 Å². The van der Waals surface area contributed by atoms with E-state index in [1.54, 1.807) is 7.11 Å². The Hall–Kier alpha value is -2.72. The lowest BCUT2D eigenvalue weighted by molar-refractivity contribution is -0.121. The number of para-hydroxylation sites is 2. The van der Waals surface area contributed by atoms with Crippen LogP contribution in [0.4, 0.5) is 5.82 Å². The zero-order valence-electron chi connectivity index (χ0n) is 16.7. The van der Waals surface area contributed by atoms with Crippen LogP contribution in [-0.2, 0) is 9.53 Å². The van der Waals surface area contributed by atoms with E-state index in [0.717, 1.165) is 25.0 Å². The van der Waals surface area contributed by atoms with E-state index in [-0.39, 0.29) is 5.91 Å². The second kappa shape index (κ2) is 8.98. The predicted octanol–water partition coefficient (Wildman–Crippen LogP) is 2.48. The third-order valence-corrected chi connectivity index (χ3v) is 5.02. The SMILES string of the molecule is COCCNC(=O)[C@H](C#N)c1nc2ccccc2nc1N1C[C@@H](C)C[C@H](C)C1. The molecule has 0 unspecified atom stereocenters. The molecule has 0 aliphatic carbocycles. The van der Waals surface area contributed by atoms with Crippen LogP contribution in [0, 0.1) is 23.2 Å². The van der Waals surface area contributed by atoms with Crippen molar-refractivity contribution in [3.8, 4) is 6.07 Å². The molecule has 28 heavy (non-hydrogen) atoms. The fourth-order valence-electron chi connectivity index (χ4n) is 3.89. The Labute approximate surface area is 165 Å². The van der Waals surface area contributed by atoms with Crippen LogP contribution in [0.15, 0.2) is 24.3 Å². The Morgan fingerprint density at radius 3 is 2.54 bits per heavy atom. The smallest absolute Gasteiger partial charge is 0.243 e. The summed E-state index contributed by atoms with van der Waals surface area (Å²) >= 11 is 0. The van der Waals surface area contributed by atoms with Crippen molar-refractivity contribution < 1.29 is 9.53 Å². The number of nitrogens with one attached hydrogen (secondary N) is 1. The van der Waals surface area contributed by atoms with Crippen LogP contribution in [0.5, 0.6) is 0 Å². The summed E-state index contributed by atoms with van der Waals surface area (Å²) in [7, 11) is 1.57. The van der Waals surface area contributed by atoms with E-state index in [0.29, 0.717) is 42.0 Å². The summed E-state index contributed by atoms with van der Waals surface area (Å²) in [5.41, 5.74) is 1.88. The van der Waals surface area contributed by atoms with Crippen molar-refractivity contribution >= 4 is 22.8 Å². The van der Waals surface area contributed by atoms with Gasteiger partial charge in [0.2, 0.25) is 5.91 Å². The normalized spacial score (nSPS) is 20.6. The highest BCUT2D eigenvalue weighted by atomic mass is 16.5. The molecule has 1 aromatic heterocycles. The lowest BCUT2D eigenvalue weighted by atomic mass is 9.91. The van der Waals surface area contributed by atoms with E-state index in [9.17, 15) is 10.1 Å². The first kappa shape index (κ1) is 20.0. The average Bonchev–Trinajstić information content (AvgIpc) is 2.67. The molecule has 2 heterocycles. The Morgan fingerprint density at radius 2 is 1.93 bits per heavy atom. The van der Waals surface area contributed by atoms with Crippen LogP contribution in [0.1, 0.15) is 31.9 Å². The first-order valence-electron chi connectivity index (χ1n) is 9.71. The van der Waals surface area contributed by atoms with E-state index in [1.165, 1.54) is 0 Å². The molecule has 0 spiro atoms. The van der Waals surface area contributed by atoms with Crippen molar-refractivity contribution in [2.45, 2.75) is 26.2 Å². The van der Waals surface area contributed by atoms with E-state index < -0.39 is 5.92 Å². The van der Waals surface area contributed by atoms with Crippen molar-refractivity contribution in [1.29, 1.82) is 5.26 Å². The molecule has 1 aliphatic heterocycles. The molecule has 7 nitrogen and oxygen atoms in total. The van der Waals surface area contributed by atoms with Gasteiger partial charge >= 0.3 is 0 Å². The Morgan fingerprint density at radius 1 is 1.29 bits per heavy atom. The van der Waals surface area contributed by atoms with Gasteiger partial charge in [-0.2, -0.15) is 5.26 Å². The molecule has 2 aromatic rings. The van der Waals surface area contributed by atoms with Crippen LogP contribution in [0.3, 0.4) is 0 Å². The second-order valence-corrected chi connectivity index (χ2v) is 7.62. The van der Waals surface area contributed by atoms with Gasteiger partial charge < -0.3 is 15.0 Å². The summed E-state index contributed by atoms with van der Waals surface area (Å²) in [6.45, 7) is 6.86. The van der Waals surface area contributed by atoms with E-state index in [1.807, 2.05) is 24.3 Å². The number of benzene rings is 1. The minimum atomic E-state index is -1.02. The maximum Gasteiger partial charge on any atom is 0.243 e.